The number of carbonyl (C=O) groups is 1. The average Bonchev–Trinajstić information content (AvgIpc) is 2.91. The maximum absolute atomic E-state index is 12.2. The van der Waals surface area contributed by atoms with Gasteiger partial charge in [0.25, 0.3) is 0 Å². The summed E-state index contributed by atoms with van der Waals surface area (Å²) in [5.74, 6) is 0.701. The van der Waals surface area contributed by atoms with E-state index >= 15 is 0 Å². The standard InChI is InChI=1S/C19H20N2OS2/c1-3-21-16-10-9-14(2)13-17(16)24-19(21)20-18(22)11-12-23-15-7-5-4-6-8-15/h4-10,13H,3,11-12H2,1-2H3. The van der Waals surface area contributed by atoms with Crippen molar-refractivity contribution < 1.29 is 4.79 Å². The Labute approximate surface area is 150 Å². The first kappa shape index (κ1) is 17.0. The van der Waals surface area contributed by atoms with Crippen LogP contribution >= 0.6 is 23.1 Å². The number of fused-ring (bicyclic) bond motifs is 1. The molecule has 5 heteroatoms. The number of aryl methyl sites for hydroxylation is 2. The van der Waals surface area contributed by atoms with Crippen LogP contribution in [0.5, 0.6) is 0 Å². The van der Waals surface area contributed by atoms with Crippen molar-refractivity contribution in [1.82, 2.24) is 4.57 Å². The molecule has 2 aromatic carbocycles. The molecule has 3 aromatic rings. The molecule has 0 unspecified atom stereocenters. The number of rotatable bonds is 5. The van der Waals surface area contributed by atoms with Crippen LogP contribution in [0, 0.1) is 6.92 Å². The van der Waals surface area contributed by atoms with E-state index in [1.54, 1.807) is 23.1 Å². The van der Waals surface area contributed by atoms with E-state index in [4.69, 9.17) is 0 Å². The molecular formula is C19H20N2OS2. The minimum atomic E-state index is -0.0519. The molecule has 1 aromatic heterocycles. The van der Waals surface area contributed by atoms with Crippen LogP contribution in [0.4, 0.5) is 0 Å². The molecule has 1 heterocycles. The van der Waals surface area contributed by atoms with Gasteiger partial charge < -0.3 is 4.57 Å². The summed E-state index contributed by atoms with van der Waals surface area (Å²) in [6, 6.07) is 16.5. The summed E-state index contributed by atoms with van der Waals surface area (Å²) in [6.45, 7) is 4.98. The van der Waals surface area contributed by atoms with Crippen LogP contribution < -0.4 is 4.80 Å². The minimum absolute atomic E-state index is 0.0519. The zero-order valence-corrected chi connectivity index (χ0v) is 15.5. The van der Waals surface area contributed by atoms with Crippen LogP contribution in [0.1, 0.15) is 18.9 Å². The molecule has 24 heavy (non-hydrogen) atoms. The summed E-state index contributed by atoms with van der Waals surface area (Å²) in [4.78, 5) is 18.6. The number of thioether (sulfide) groups is 1. The topological polar surface area (TPSA) is 34.4 Å². The van der Waals surface area contributed by atoms with Crippen LogP contribution in [0.3, 0.4) is 0 Å². The third kappa shape index (κ3) is 3.97. The van der Waals surface area contributed by atoms with E-state index in [0.29, 0.717) is 6.42 Å². The van der Waals surface area contributed by atoms with Gasteiger partial charge in [-0.1, -0.05) is 35.6 Å². The highest BCUT2D eigenvalue weighted by molar-refractivity contribution is 7.99. The number of thiazole rings is 1. The molecule has 0 bridgehead atoms. The Kier molecular flexibility index (Phi) is 5.53. The van der Waals surface area contributed by atoms with Gasteiger partial charge in [0, 0.05) is 23.6 Å². The van der Waals surface area contributed by atoms with Gasteiger partial charge in [-0.25, -0.2) is 0 Å². The fraction of sp³-hybridized carbons (Fsp3) is 0.263. The molecule has 0 spiro atoms. The lowest BCUT2D eigenvalue weighted by Crippen LogP contribution is -2.15. The molecule has 0 radical (unpaired) electrons. The summed E-state index contributed by atoms with van der Waals surface area (Å²) in [5, 5.41) is 0. The van der Waals surface area contributed by atoms with E-state index in [1.165, 1.54) is 15.2 Å². The van der Waals surface area contributed by atoms with Gasteiger partial charge in [0.1, 0.15) is 0 Å². The Morgan fingerprint density at radius 3 is 2.75 bits per heavy atom. The SMILES string of the molecule is CCn1c(=NC(=O)CCSc2ccccc2)sc2cc(C)ccc21. The molecule has 0 fully saturated rings. The van der Waals surface area contributed by atoms with Gasteiger partial charge in [0.15, 0.2) is 4.80 Å². The third-order valence-electron chi connectivity index (χ3n) is 3.70. The van der Waals surface area contributed by atoms with Crippen molar-refractivity contribution in [2.45, 2.75) is 31.7 Å². The Hall–Kier alpha value is -1.85. The van der Waals surface area contributed by atoms with Crippen LogP contribution in [-0.4, -0.2) is 16.2 Å². The molecule has 1 amide bonds. The fourth-order valence-electron chi connectivity index (χ4n) is 2.51. The second-order valence-electron chi connectivity index (χ2n) is 5.52. The maximum atomic E-state index is 12.2. The zero-order chi connectivity index (χ0) is 16.9. The van der Waals surface area contributed by atoms with Crippen LogP contribution in [-0.2, 0) is 11.3 Å². The lowest BCUT2D eigenvalue weighted by atomic mass is 10.2. The van der Waals surface area contributed by atoms with Crippen molar-refractivity contribution in [2.24, 2.45) is 4.99 Å². The number of hydrogen-bond acceptors (Lipinski definition) is 3. The first-order valence-electron chi connectivity index (χ1n) is 8.03. The Balaban J connectivity index is 1.75. The lowest BCUT2D eigenvalue weighted by Gasteiger charge is -2.01. The van der Waals surface area contributed by atoms with Crippen LogP contribution in [0.25, 0.3) is 10.2 Å². The number of amides is 1. The summed E-state index contributed by atoms with van der Waals surface area (Å²) < 4.78 is 3.30. The summed E-state index contributed by atoms with van der Waals surface area (Å²) >= 11 is 3.28. The van der Waals surface area contributed by atoms with E-state index in [2.05, 4.69) is 53.7 Å². The summed E-state index contributed by atoms with van der Waals surface area (Å²) in [5.41, 5.74) is 2.38. The monoisotopic (exact) mass is 356 g/mol. The fourth-order valence-corrected chi connectivity index (χ4v) is 4.58. The molecule has 0 aliphatic rings. The molecule has 0 aliphatic heterocycles. The number of hydrogen-bond donors (Lipinski definition) is 0. The second-order valence-corrected chi connectivity index (χ2v) is 7.69. The largest absolute Gasteiger partial charge is 0.317 e. The van der Waals surface area contributed by atoms with Gasteiger partial charge in [0.05, 0.1) is 10.2 Å². The van der Waals surface area contributed by atoms with Gasteiger partial charge in [-0.3, -0.25) is 4.79 Å². The minimum Gasteiger partial charge on any atom is -0.317 e. The quantitative estimate of drug-likeness (QED) is 0.624. The summed E-state index contributed by atoms with van der Waals surface area (Å²) in [7, 11) is 0. The van der Waals surface area contributed by atoms with Crippen molar-refractivity contribution in [3.8, 4) is 0 Å². The predicted octanol–water partition coefficient (Wildman–Crippen LogP) is 4.64. The molecule has 124 valence electrons. The molecule has 0 atom stereocenters. The predicted molar refractivity (Wildman–Crippen MR) is 103 cm³/mol. The molecule has 0 aliphatic carbocycles. The lowest BCUT2D eigenvalue weighted by molar-refractivity contribution is -0.117. The van der Waals surface area contributed by atoms with Crippen molar-refractivity contribution in [2.75, 3.05) is 5.75 Å². The zero-order valence-electron chi connectivity index (χ0n) is 13.9. The number of carbonyl (C=O) groups excluding carboxylic acids is 1. The smallest absolute Gasteiger partial charge is 0.249 e. The van der Waals surface area contributed by atoms with E-state index in [9.17, 15) is 4.79 Å². The highest BCUT2D eigenvalue weighted by atomic mass is 32.2. The summed E-state index contributed by atoms with van der Waals surface area (Å²) in [6.07, 6.45) is 0.455. The van der Waals surface area contributed by atoms with Crippen molar-refractivity contribution in [1.29, 1.82) is 0 Å². The highest BCUT2D eigenvalue weighted by Crippen LogP contribution is 2.20. The first-order valence-corrected chi connectivity index (χ1v) is 9.83. The molecule has 0 saturated heterocycles. The van der Waals surface area contributed by atoms with Gasteiger partial charge >= 0.3 is 0 Å². The van der Waals surface area contributed by atoms with Gasteiger partial charge in [-0.15, -0.1) is 11.8 Å². The van der Waals surface area contributed by atoms with Crippen LogP contribution in [0.15, 0.2) is 58.4 Å². The molecule has 3 rings (SSSR count). The highest BCUT2D eigenvalue weighted by Gasteiger charge is 2.07. The van der Waals surface area contributed by atoms with E-state index in [-0.39, 0.29) is 5.91 Å². The Morgan fingerprint density at radius 1 is 1.21 bits per heavy atom. The second kappa shape index (κ2) is 7.81. The number of nitrogens with zero attached hydrogens (tertiary/aromatic N) is 2. The normalized spacial score (nSPS) is 12.0. The first-order chi connectivity index (χ1) is 11.7. The molecule has 3 nitrogen and oxygen atoms in total. The number of aromatic nitrogens is 1. The van der Waals surface area contributed by atoms with E-state index in [0.717, 1.165) is 22.6 Å². The van der Waals surface area contributed by atoms with E-state index < -0.39 is 0 Å². The number of benzene rings is 2. The molecular weight excluding hydrogens is 336 g/mol. The van der Waals surface area contributed by atoms with Gasteiger partial charge in [0.2, 0.25) is 5.91 Å². The van der Waals surface area contributed by atoms with E-state index in [1.807, 2.05) is 18.2 Å². The molecule has 0 N–H and O–H groups in total. The van der Waals surface area contributed by atoms with Crippen molar-refractivity contribution in [3.63, 3.8) is 0 Å². The average molecular weight is 357 g/mol. The van der Waals surface area contributed by atoms with Gasteiger partial charge in [-0.2, -0.15) is 4.99 Å². The van der Waals surface area contributed by atoms with Crippen LogP contribution in [0.2, 0.25) is 0 Å². The Bertz CT molecular complexity index is 910. The van der Waals surface area contributed by atoms with Crippen molar-refractivity contribution >= 4 is 39.2 Å². The molecule has 0 saturated carbocycles. The third-order valence-corrected chi connectivity index (χ3v) is 5.76. The Morgan fingerprint density at radius 2 is 2.00 bits per heavy atom. The van der Waals surface area contributed by atoms with Crippen molar-refractivity contribution in [3.05, 3.63) is 58.9 Å². The van der Waals surface area contributed by atoms with Gasteiger partial charge in [-0.05, 0) is 43.7 Å². The maximum Gasteiger partial charge on any atom is 0.249 e.